The zero-order valence-corrected chi connectivity index (χ0v) is 7.40. The summed E-state index contributed by atoms with van der Waals surface area (Å²) in [5.41, 5.74) is 6.84. The van der Waals surface area contributed by atoms with Gasteiger partial charge in [0, 0.05) is 17.8 Å². The van der Waals surface area contributed by atoms with Crippen LogP contribution in [0.15, 0.2) is 36.7 Å². The van der Waals surface area contributed by atoms with E-state index in [9.17, 15) is 0 Å². The fourth-order valence-electron chi connectivity index (χ4n) is 1.56. The molecule has 2 aromatic rings. The molecule has 0 aliphatic carbocycles. The van der Waals surface area contributed by atoms with Gasteiger partial charge in [0.25, 0.3) is 0 Å². The van der Waals surface area contributed by atoms with Crippen LogP contribution in [0.4, 0.5) is 0 Å². The first-order valence-electron chi connectivity index (χ1n) is 4.43. The normalized spacial score (nSPS) is 10.5. The third-order valence-corrected chi connectivity index (χ3v) is 2.18. The zero-order valence-electron chi connectivity index (χ0n) is 7.40. The fraction of sp³-hybridized carbons (Fsp3) is 0.182. The molecule has 66 valence electrons. The van der Waals surface area contributed by atoms with E-state index in [1.807, 2.05) is 18.5 Å². The lowest BCUT2D eigenvalue weighted by atomic mass is 10.0. The first kappa shape index (κ1) is 8.20. The summed E-state index contributed by atoms with van der Waals surface area (Å²) in [5, 5.41) is 2.46. The molecule has 1 aromatic carbocycles. The summed E-state index contributed by atoms with van der Waals surface area (Å²) in [6.07, 6.45) is 4.64. The second kappa shape index (κ2) is 3.54. The van der Waals surface area contributed by atoms with Gasteiger partial charge in [-0.1, -0.05) is 18.2 Å². The Morgan fingerprint density at radius 2 is 2.15 bits per heavy atom. The van der Waals surface area contributed by atoms with Crippen molar-refractivity contribution in [3.05, 3.63) is 42.2 Å². The van der Waals surface area contributed by atoms with Crippen LogP contribution < -0.4 is 5.73 Å². The molecule has 0 fully saturated rings. The predicted octanol–water partition coefficient (Wildman–Crippen LogP) is 1.74. The van der Waals surface area contributed by atoms with Gasteiger partial charge in [-0.15, -0.1) is 0 Å². The highest BCUT2D eigenvalue weighted by Crippen LogP contribution is 2.17. The number of rotatable bonds is 2. The minimum Gasteiger partial charge on any atom is -0.330 e. The van der Waals surface area contributed by atoms with Gasteiger partial charge in [0.1, 0.15) is 0 Å². The minimum atomic E-state index is 0.696. The van der Waals surface area contributed by atoms with Crippen molar-refractivity contribution < 1.29 is 0 Å². The van der Waals surface area contributed by atoms with Crippen LogP contribution in [0.2, 0.25) is 0 Å². The summed E-state index contributed by atoms with van der Waals surface area (Å²) < 4.78 is 0. The molecule has 2 rings (SSSR count). The van der Waals surface area contributed by atoms with E-state index < -0.39 is 0 Å². The Morgan fingerprint density at radius 1 is 1.23 bits per heavy atom. The van der Waals surface area contributed by atoms with Crippen molar-refractivity contribution in [3.63, 3.8) is 0 Å². The van der Waals surface area contributed by atoms with Gasteiger partial charge >= 0.3 is 0 Å². The van der Waals surface area contributed by atoms with Crippen molar-refractivity contribution in [1.29, 1.82) is 0 Å². The number of benzene rings is 1. The van der Waals surface area contributed by atoms with Gasteiger partial charge in [-0.2, -0.15) is 0 Å². The number of aromatic nitrogens is 1. The Labute approximate surface area is 77.4 Å². The summed E-state index contributed by atoms with van der Waals surface area (Å²) in [6.45, 7) is 0.696. The number of nitrogens with zero attached hydrogens (tertiary/aromatic N) is 1. The van der Waals surface area contributed by atoms with Gasteiger partial charge in [0.2, 0.25) is 0 Å². The maximum Gasteiger partial charge on any atom is 0.0346 e. The lowest BCUT2D eigenvalue weighted by Crippen LogP contribution is -2.02. The molecule has 2 nitrogen and oxygen atoms in total. The maximum absolute atomic E-state index is 5.54. The highest BCUT2D eigenvalue weighted by Gasteiger charge is 1.98. The molecule has 0 radical (unpaired) electrons. The Balaban J connectivity index is 2.61. The highest BCUT2D eigenvalue weighted by molar-refractivity contribution is 5.84. The van der Waals surface area contributed by atoms with E-state index in [0.29, 0.717) is 6.54 Å². The molecular formula is C11H12N2. The van der Waals surface area contributed by atoms with Gasteiger partial charge in [0.15, 0.2) is 0 Å². The van der Waals surface area contributed by atoms with Crippen LogP contribution in [0, 0.1) is 0 Å². The van der Waals surface area contributed by atoms with E-state index in [-0.39, 0.29) is 0 Å². The molecule has 0 unspecified atom stereocenters. The standard InChI is InChI=1S/C11H12N2/c12-6-4-9-2-1-3-10-8-13-7-5-11(9)10/h1-3,5,7-8H,4,6,12H2. The number of fused-ring (bicyclic) bond motifs is 1. The first-order valence-corrected chi connectivity index (χ1v) is 4.43. The SMILES string of the molecule is NCCc1cccc2cnccc12. The van der Waals surface area contributed by atoms with Crippen LogP contribution in [-0.4, -0.2) is 11.5 Å². The average molecular weight is 172 g/mol. The van der Waals surface area contributed by atoms with E-state index in [1.165, 1.54) is 16.3 Å². The number of nitrogens with two attached hydrogens (primary N) is 1. The molecule has 1 heterocycles. The van der Waals surface area contributed by atoms with Crippen molar-refractivity contribution in [3.8, 4) is 0 Å². The fourth-order valence-corrected chi connectivity index (χ4v) is 1.56. The van der Waals surface area contributed by atoms with Crippen molar-refractivity contribution in [1.82, 2.24) is 4.98 Å². The molecule has 2 heteroatoms. The van der Waals surface area contributed by atoms with Crippen molar-refractivity contribution in [2.75, 3.05) is 6.54 Å². The minimum absolute atomic E-state index is 0.696. The summed E-state index contributed by atoms with van der Waals surface area (Å²) in [7, 11) is 0. The molecule has 2 N–H and O–H groups in total. The third-order valence-electron chi connectivity index (χ3n) is 2.18. The van der Waals surface area contributed by atoms with E-state index >= 15 is 0 Å². The summed E-state index contributed by atoms with van der Waals surface area (Å²) in [4.78, 5) is 4.08. The summed E-state index contributed by atoms with van der Waals surface area (Å²) in [5.74, 6) is 0. The van der Waals surface area contributed by atoms with Gasteiger partial charge < -0.3 is 5.73 Å². The Hall–Kier alpha value is -1.41. The van der Waals surface area contributed by atoms with Crippen LogP contribution in [-0.2, 0) is 6.42 Å². The number of pyridine rings is 1. The van der Waals surface area contributed by atoms with E-state index in [4.69, 9.17) is 5.73 Å². The Bertz CT molecular complexity index is 404. The summed E-state index contributed by atoms with van der Waals surface area (Å²) >= 11 is 0. The van der Waals surface area contributed by atoms with Crippen molar-refractivity contribution >= 4 is 10.8 Å². The van der Waals surface area contributed by atoms with E-state index in [2.05, 4.69) is 23.2 Å². The second-order valence-electron chi connectivity index (χ2n) is 3.05. The lowest BCUT2D eigenvalue weighted by molar-refractivity contribution is 0.977. The largest absolute Gasteiger partial charge is 0.330 e. The molecule has 0 aliphatic heterocycles. The van der Waals surface area contributed by atoms with E-state index in [1.54, 1.807) is 0 Å². The smallest absolute Gasteiger partial charge is 0.0346 e. The third kappa shape index (κ3) is 1.53. The van der Waals surface area contributed by atoms with Gasteiger partial charge in [-0.25, -0.2) is 0 Å². The molecule has 1 aromatic heterocycles. The van der Waals surface area contributed by atoms with Crippen LogP contribution in [0.25, 0.3) is 10.8 Å². The molecule has 0 saturated heterocycles. The topological polar surface area (TPSA) is 38.9 Å². The molecule has 0 aliphatic rings. The molecule has 0 saturated carbocycles. The monoisotopic (exact) mass is 172 g/mol. The molecule has 0 amide bonds. The van der Waals surface area contributed by atoms with Crippen molar-refractivity contribution in [2.24, 2.45) is 5.73 Å². The van der Waals surface area contributed by atoms with Gasteiger partial charge in [0.05, 0.1) is 0 Å². The quantitative estimate of drug-likeness (QED) is 0.749. The predicted molar refractivity (Wildman–Crippen MR) is 54.5 cm³/mol. The van der Waals surface area contributed by atoms with Crippen LogP contribution >= 0.6 is 0 Å². The highest BCUT2D eigenvalue weighted by atomic mass is 14.6. The van der Waals surface area contributed by atoms with Crippen LogP contribution in [0.1, 0.15) is 5.56 Å². The number of hydrogen-bond acceptors (Lipinski definition) is 2. The van der Waals surface area contributed by atoms with Crippen molar-refractivity contribution in [2.45, 2.75) is 6.42 Å². The summed E-state index contributed by atoms with van der Waals surface area (Å²) in [6, 6.07) is 8.28. The van der Waals surface area contributed by atoms with E-state index in [0.717, 1.165) is 6.42 Å². The van der Waals surface area contributed by atoms with Gasteiger partial charge in [-0.3, -0.25) is 4.98 Å². The average Bonchev–Trinajstić information content (AvgIpc) is 2.19. The van der Waals surface area contributed by atoms with Crippen LogP contribution in [0.3, 0.4) is 0 Å². The second-order valence-corrected chi connectivity index (χ2v) is 3.05. The molecule has 0 bridgehead atoms. The maximum atomic E-state index is 5.54. The molecular weight excluding hydrogens is 160 g/mol. The first-order chi connectivity index (χ1) is 6.42. The molecule has 0 spiro atoms. The number of hydrogen-bond donors (Lipinski definition) is 1. The Kier molecular flexibility index (Phi) is 2.23. The lowest BCUT2D eigenvalue weighted by Gasteiger charge is -2.03. The zero-order chi connectivity index (χ0) is 9.10. The Morgan fingerprint density at radius 3 is 3.00 bits per heavy atom. The van der Waals surface area contributed by atoms with Crippen LogP contribution in [0.5, 0.6) is 0 Å². The van der Waals surface area contributed by atoms with Gasteiger partial charge in [-0.05, 0) is 30.0 Å². The molecule has 0 atom stereocenters. The molecule has 13 heavy (non-hydrogen) atoms.